The average Bonchev–Trinajstić information content (AvgIpc) is 2.93. The minimum absolute atomic E-state index is 0.00395. The summed E-state index contributed by atoms with van der Waals surface area (Å²) < 4.78 is 14.8. The number of rotatable bonds is 4. The second-order valence-corrected chi connectivity index (χ2v) is 5.73. The average molecular weight is 309 g/mol. The molecule has 3 rings (SSSR count). The van der Waals surface area contributed by atoms with E-state index in [4.69, 9.17) is 11.6 Å². The summed E-state index contributed by atoms with van der Waals surface area (Å²) in [5.74, 6) is -0.398. The number of thiazole rings is 1. The molecular formula is C14H10ClFN2OS. The normalized spacial score (nSPS) is 11.1. The van der Waals surface area contributed by atoms with Gasteiger partial charge in [-0.05, 0) is 17.7 Å². The number of imidazole rings is 1. The number of Topliss-reactive ketones (excluding diaryl/α,β-unsaturated/α-hetero) is 1. The number of nitrogens with zero attached hydrogens (tertiary/aromatic N) is 2. The van der Waals surface area contributed by atoms with Crippen molar-refractivity contribution < 1.29 is 9.18 Å². The molecule has 0 saturated carbocycles. The van der Waals surface area contributed by atoms with Crippen LogP contribution < -0.4 is 0 Å². The number of hydrogen-bond acceptors (Lipinski definition) is 3. The molecule has 0 aliphatic carbocycles. The number of halogens is 2. The van der Waals surface area contributed by atoms with Crippen molar-refractivity contribution in [2.45, 2.75) is 12.8 Å². The minimum atomic E-state index is -0.402. The third-order valence-corrected chi connectivity index (χ3v) is 4.05. The lowest BCUT2D eigenvalue weighted by Gasteiger charge is -2.03. The predicted octanol–water partition coefficient (Wildman–Crippen LogP) is 3.54. The van der Waals surface area contributed by atoms with Gasteiger partial charge in [0.1, 0.15) is 11.6 Å². The predicted molar refractivity (Wildman–Crippen MR) is 76.9 cm³/mol. The van der Waals surface area contributed by atoms with E-state index in [1.54, 1.807) is 6.07 Å². The fraction of sp³-hybridized carbons (Fsp3) is 0.143. The van der Waals surface area contributed by atoms with Crippen molar-refractivity contribution in [1.29, 1.82) is 0 Å². The van der Waals surface area contributed by atoms with Crippen molar-refractivity contribution in [2.75, 3.05) is 0 Å². The van der Waals surface area contributed by atoms with Gasteiger partial charge < -0.3 is 0 Å². The number of ketones is 1. The number of carbonyl (C=O) groups excluding carboxylic acids is 1. The van der Waals surface area contributed by atoms with Gasteiger partial charge in [-0.1, -0.05) is 17.7 Å². The van der Waals surface area contributed by atoms with Crippen LogP contribution in [0.4, 0.5) is 4.39 Å². The third kappa shape index (κ3) is 2.73. The molecule has 0 aliphatic rings. The van der Waals surface area contributed by atoms with E-state index in [-0.39, 0.29) is 23.6 Å². The molecule has 20 heavy (non-hydrogen) atoms. The van der Waals surface area contributed by atoms with Gasteiger partial charge in [-0.25, -0.2) is 9.37 Å². The molecule has 0 N–H and O–H groups in total. The van der Waals surface area contributed by atoms with Gasteiger partial charge in [0.15, 0.2) is 4.96 Å². The Morgan fingerprint density at radius 1 is 1.40 bits per heavy atom. The molecule has 0 bridgehead atoms. The Kier molecular flexibility index (Phi) is 3.54. The summed E-state index contributed by atoms with van der Waals surface area (Å²) in [6.07, 6.45) is 4.18. The maximum atomic E-state index is 12.9. The van der Waals surface area contributed by atoms with Gasteiger partial charge in [-0.2, -0.15) is 0 Å². The van der Waals surface area contributed by atoms with Crippen LogP contribution in [0.2, 0.25) is 5.02 Å². The van der Waals surface area contributed by atoms with E-state index in [1.807, 2.05) is 22.2 Å². The molecule has 0 radical (unpaired) electrons. The van der Waals surface area contributed by atoms with Gasteiger partial charge in [0.05, 0.1) is 12.1 Å². The molecule has 102 valence electrons. The molecule has 3 nitrogen and oxygen atoms in total. The Balaban J connectivity index is 1.71. The van der Waals surface area contributed by atoms with Crippen LogP contribution in [0, 0.1) is 5.82 Å². The molecule has 0 aliphatic heterocycles. The lowest BCUT2D eigenvalue weighted by molar-refractivity contribution is -0.117. The maximum absolute atomic E-state index is 12.9. The SMILES string of the molecule is O=C(Cc1cn2ccsc2n1)Cc1ccc(F)cc1Cl. The summed E-state index contributed by atoms with van der Waals surface area (Å²) in [6, 6.07) is 4.07. The first kappa shape index (κ1) is 13.3. The quantitative estimate of drug-likeness (QED) is 0.739. The highest BCUT2D eigenvalue weighted by Crippen LogP contribution is 2.19. The lowest BCUT2D eigenvalue weighted by atomic mass is 10.1. The van der Waals surface area contributed by atoms with E-state index in [0.29, 0.717) is 5.56 Å². The van der Waals surface area contributed by atoms with E-state index < -0.39 is 5.82 Å². The first-order valence-electron chi connectivity index (χ1n) is 5.98. The van der Waals surface area contributed by atoms with Crippen LogP contribution in [0.3, 0.4) is 0 Å². The van der Waals surface area contributed by atoms with Crippen molar-refractivity contribution >= 4 is 33.7 Å². The summed E-state index contributed by atoms with van der Waals surface area (Å²) in [7, 11) is 0. The summed E-state index contributed by atoms with van der Waals surface area (Å²) in [5, 5.41) is 2.22. The molecule has 0 amide bonds. The van der Waals surface area contributed by atoms with Gasteiger partial charge in [-0.15, -0.1) is 11.3 Å². The Labute approximate surface area is 123 Å². The fourth-order valence-corrected chi connectivity index (χ4v) is 2.96. The van der Waals surface area contributed by atoms with Crippen molar-refractivity contribution in [3.63, 3.8) is 0 Å². The number of aromatic nitrogens is 2. The summed E-state index contributed by atoms with van der Waals surface area (Å²) in [5.41, 5.74) is 1.37. The fourth-order valence-electron chi connectivity index (χ4n) is 2.00. The zero-order chi connectivity index (χ0) is 14.1. The minimum Gasteiger partial charge on any atom is -0.299 e. The van der Waals surface area contributed by atoms with Crippen molar-refractivity contribution in [3.8, 4) is 0 Å². The van der Waals surface area contributed by atoms with Gasteiger partial charge in [0.25, 0.3) is 0 Å². The molecule has 3 aromatic rings. The molecule has 0 saturated heterocycles. The van der Waals surface area contributed by atoms with Crippen molar-refractivity contribution in [1.82, 2.24) is 9.38 Å². The van der Waals surface area contributed by atoms with E-state index >= 15 is 0 Å². The maximum Gasteiger partial charge on any atom is 0.193 e. The summed E-state index contributed by atoms with van der Waals surface area (Å²) >= 11 is 7.43. The highest BCUT2D eigenvalue weighted by Gasteiger charge is 2.11. The second-order valence-electron chi connectivity index (χ2n) is 4.45. The first-order chi connectivity index (χ1) is 9.61. The zero-order valence-corrected chi connectivity index (χ0v) is 11.9. The first-order valence-corrected chi connectivity index (χ1v) is 7.24. The molecule has 6 heteroatoms. The topological polar surface area (TPSA) is 34.4 Å². The summed E-state index contributed by atoms with van der Waals surface area (Å²) in [4.78, 5) is 17.2. The highest BCUT2D eigenvalue weighted by molar-refractivity contribution is 7.15. The monoisotopic (exact) mass is 308 g/mol. The van der Waals surface area contributed by atoms with Gasteiger partial charge in [-0.3, -0.25) is 9.20 Å². The van der Waals surface area contributed by atoms with E-state index in [2.05, 4.69) is 4.98 Å². The number of fused-ring (bicyclic) bond motifs is 1. The number of hydrogen-bond donors (Lipinski definition) is 0. The molecule has 2 heterocycles. The Hall–Kier alpha value is -1.72. The van der Waals surface area contributed by atoms with Crippen LogP contribution in [0.25, 0.3) is 4.96 Å². The van der Waals surface area contributed by atoms with Crippen molar-refractivity contribution in [3.05, 3.63) is 58.1 Å². The molecular weight excluding hydrogens is 299 g/mol. The van der Waals surface area contributed by atoms with Gasteiger partial charge in [0.2, 0.25) is 0 Å². The zero-order valence-electron chi connectivity index (χ0n) is 10.3. The van der Waals surface area contributed by atoms with Crippen LogP contribution in [-0.2, 0) is 17.6 Å². The molecule has 0 unspecified atom stereocenters. The summed E-state index contributed by atoms with van der Waals surface area (Å²) in [6.45, 7) is 0. The molecule has 0 fully saturated rings. The van der Waals surface area contributed by atoms with Crippen LogP contribution in [-0.4, -0.2) is 15.2 Å². The number of carbonyl (C=O) groups is 1. The lowest BCUT2D eigenvalue weighted by Crippen LogP contribution is -2.07. The van der Waals surface area contributed by atoms with Gasteiger partial charge >= 0.3 is 0 Å². The molecule has 0 spiro atoms. The Morgan fingerprint density at radius 2 is 2.25 bits per heavy atom. The van der Waals surface area contributed by atoms with Crippen molar-refractivity contribution in [2.24, 2.45) is 0 Å². The Bertz CT molecular complexity index is 752. The number of benzene rings is 1. The van der Waals surface area contributed by atoms with Crippen LogP contribution in [0.5, 0.6) is 0 Å². The van der Waals surface area contributed by atoms with E-state index in [9.17, 15) is 9.18 Å². The van der Waals surface area contributed by atoms with Crippen LogP contribution in [0.15, 0.2) is 36.0 Å². The third-order valence-electron chi connectivity index (χ3n) is 2.92. The second kappa shape index (κ2) is 5.34. The van der Waals surface area contributed by atoms with E-state index in [0.717, 1.165) is 10.7 Å². The van der Waals surface area contributed by atoms with Gasteiger partial charge in [0, 0.05) is 29.2 Å². The smallest absolute Gasteiger partial charge is 0.193 e. The Morgan fingerprint density at radius 3 is 3.00 bits per heavy atom. The molecule has 0 atom stereocenters. The standard InChI is InChI=1S/C14H10ClFN2OS/c15-13-6-10(16)2-1-9(13)5-12(19)7-11-8-18-3-4-20-14(18)17-11/h1-4,6,8H,5,7H2. The largest absolute Gasteiger partial charge is 0.299 e. The van der Waals surface area contributed by atoms with Crippen LogP contribution >= 0.6 is 22.9 Å². The molecule has 1 aromatic carbocycles. The van der Waals surface area contributed by atoms with Crippen LogP contribution in [0.1, 0.15) is 11.3 Å². The molecule has 2 aromatic heterocycles. The van der Waals surface area contributed by atoms with E-state index in [1.165, 1.54) is 23.5 Å². The highest BCUT2D eigenvalue weighted by atomic mass is 35.5.